The zero-order valence-corrected chi connectivity index (χ0v) is 19.4. The molecule has 1 amide bonds. The molecule has 0 radical (unpaired) electrons. The molecule has 0 aromatic carbocycles. The molecule has 2 aromatic heterocycles. The molecule has 0 unspecified atom stereocenters. The van der Waals surface area contributed by atoms with Crippen LogP contribution in [0.5, 0.6) is 0 Å². The zero-order chi connectivity index (χ0) is 28.5. The standard InChI is InChI=1S/C18H21N3O3.2C2HF3O2/c22-18(14-3-1-6-19-9-14)20-15-11-21(10-13-5-8-23-12-13)16-4-2-7-24-17(15)16;2*3-2(4,5)1(6)7/h1,3,5-6,8-9,12,15-17H,2,4,7,10-11H2,(H,20,22);2*(H,6,7)/t15-,16-,17-;;/m1../s1. The number of hydrogen-bond acceptors (Lipinski definition) is 7. The van der Waals surface area contributed by atoms with Crippen molar-refractivity contribution in [3.05, 3.63) is 54.2 Å². The Hall–Kier alpha value is -3.66. The van der Waals surface area contributed by atoms with E-state index in [1.54, 1.807) is 37.1 Å². The zero-order valence-electron chi connectivity index (χ0n) is 19.4. The van der Waals surface area contributed by atoms with E-state index in [0.29, 0.717) is 11.6 Å². The van der Waals surface area contributed by atoms with Crippen molar-refractivity contribution in [2.24, 2.45) is 0 Å². The number of carbonyl (C=O) groups excluding carboxylic acids is 1. The average Bonchev–Trinajstić information content (AvgIpc) is 3.48. The maximum atomic E-state index is 12.5. The maximum Gasteiger partial charge on any atom is 0.490 e. The number of fused-ring (bicyclic) bond motifs is 1. The molecule has 0 saturated carbocycles. The number of carbonyl (C=O) groups is 3. The Morgan fingerprint density at radius 1 is 1.08 bits per heavy atom. The summed E-state index contributed by atoms with van der Waals surface area (Å²) < 4.78 is 74.7. The third-order valence-electron chi connectivity index (χ3n) is 5.32. The molecule has 4 heterocycles. The highest BCUT2D eigenvalue weighted by molar-refractivity contribution is 5.94. The number of rotatable bonds is 4. The van der Waals surface area contributed by atoms with Gasteiger partial charge in [-0.25, -0.2) is 9.59 Å². The minimum absolute atomic E-state index is 0.00472. The SMILES string of the molecule is O=C(N[C@@H]1CN(Cc2ccoc2)[C@@H]2CCCO[C@@H]21)c1cccnc1.O=C(O)C(F)(F)F.O=C(O)C(F)(F)F. The van der Waals surface area contributed by atoms with Crippen LogP contribution >= 0.6 is 0 Å². The molecule has 2 aromatic rings. The molecular weight excluding hydrogens is 532 g/mol. The summed E-state index contributed by atoms with van der Waals surface area (Å²) >= 11 is 0. The van der Waals surface area contributed by atoms with Gasteiger partial charge in [-0.3, -0.25) is 14.7 Å². The summed E-state index contributed by atoms with van der Waals surface area (Å²) in [4.78, 5) is 36.7. The predicted molar refractivity (Wildman–Crippen MR) is 115 cm³/mol. The molecule has 2 fully saturated rings. The van der Waals surface area contributed by atoms with E-state index in [9.17, 15) is 31.1 Å². The Bertz CT molecular complexity index is 1020. The fourth-order valence-electron chi connectivity index (χ4n) is 3.73. The summed E-state index contributed by atoms with van der Waals surface area (Å²) in [7, 11) is 0. The molecule has 3 N–H and O–H groups in total. The largest absolute Gasteiger partial charge is 0.490 e. The number of hydrogen-bond donors (Lipinski definition) is 3. The van der Waals surface area contributed by atoms with Crippen molar-refractivity contribution in [3.63, 3.8) is 0 Å². The highest BCUT2D eigenvalue weighted by atomic mass is 19.4. The van der Waals surface area contributed by atoms with Gasteiger partial charge in [0, 0.05) is 43.7 Å². The molecule has 2 saturated heterocycles. The summed E-state index contributed by atoms with van der Waals surface area (Å²) in [5.41, 5.74) is 1.73. The molecule has 10 nitrogen and oxygen atoms in total. The van der Waals surface area contributed by atoms with Crippen molar-refractivity contribution in [1.29, 1.82) is 0 Å². The summed E-state index contributed by atoms with van der Waals surface area (Å²) in [5.74, 6) is -5.61. The normalized spacial score (nSPS) is 21.2. The number of likely N-dealkylation sites (tertiary alicyclic amines) is 1. The van der Waals surface area contributed by atoms with Crippen LogP contribution in [-0.4, -0.2) is 81.6 Å². The third-order valence-corrected chi connectivity index (χ3v) is 5.32. The number of pyridine rings is 1. The Kier molecular flexibility index (Phi) is 10.6. The number of nitrogens with one attached hydrogen (secondary N) is 1. The van der Waals surface area contributed by atoms with Gasteiger partial charge in [-0.1, -0.05) is 0 Å². The topological polar surface area (TPSA) is 142 Å². The van der Waals surface area contributed by atoms with E-state index in [4.69, 9.17) is 29.0 Å². The van der Waals surface area contributed by atoms with Gasteiger partial charge in [0.15, 0.2) is 0 Å². The molecule has 0 bridgehead atoms. The molecule has 0 aliphatic carbocycles. The first-order valence-corrected chi connectivity index (χ1v) is 10.9. The Morgan fingerprint density at radius 2 is 1.71 bits per heavy atom. The summed E-state index contributed by atoms with van der Waals surface area (Å²) in [6.07, 6.45) is -1.23. The molecule has 38 heavy (non-hydrogen) atoms. The first kappa shape index (κ1) is 30.6. The Labute approximate surface area is 211 Å². The Morgan fingerprint density at radius 3 is 2.21 bits per heavy atom. The van der Waals surface area contributed by atoms with E-state index in [-0.39, 0.29) is 18.1 Å². The fraction of sp³-hybridized carbons (Fsp3) is 0.455. The van der Waals surface area contributed by atoms with Crippen LogP contribution in [0.4, 0.5) is 26.3 Å². The van der Waals surface area contributed by atoms with Gasteiger partial charge >= 0.3 is 24.3 Å². The number of halogens is 6. The lowest BCUT2D eigenvalue weighted by molar-refractivity contribution is -0.193. The van der Waals surface area contributed by atoms with E-state index in [1.807, 2.05) is 6.07 Å². The van der Waals surface area contributed by atoms with Crippen molar-refractivity contribution < 1.29 is 60.1 Å². The minimum Gasteiger partial charge on any atom is -0.475 e. The second-order valence-corrected chi connectivity index (χ2v) is 8.03. The molecule has 4 rings (SSSR count). The number of amides is 1. The van der Waals surface area contributed by atoms with E-state index >= 15 is 0 Å². The van der Waals surface area contributed by atoms with Gasteiger partial charge in [0.2, 0.25) is 0 Å². The quantitative estimate of drug-likeness (QED) is 0.485. The van der Waals surface area contributed by atoms with E-state index in [1.165, 1.54) is 0 Å². The van der Waals surface area contributed by atoms with E-state index in [2.05, 4.69) is 15.2 Å². The van der Waals surface area contributed by atoms with Crippen LogP contribution in [0.2, 0.25) is 0 Å². The monoisotopic (exact) mass is 555 g/mol. The minimum atomic E-state index is -5.08. The van der Waals surface area contributed by atoms with Gasteiger partial charge in [0.25, 0.3) is 5.91 Å². The molecule has 0 spiro atoms. The molecule has 2 aliphatic heterocycles. The lowest BCUT2D eigenvalue weighted by Gasteiger charge is -2.32. The van der Waals surface area contributed by atoms with Crippen molar-refractivity contribution >= 4 is 17.8 Å². The molecule has 2 aliphatic rings. The summed E-state index contributed by atoms with van der Waals surface area (Å²) in [6, 6.07) is 5.87. The number of nitrogens with zero attached hydrogens (tertiary/aromatic N) is 2. The molecule has 210 valence electrons. The first-order valence-electron chi connectivity index (χ1n) is 10.9. The summed E-state index contributed by atoms with van der Waals surface area (Å²) in [6.45, 7) is 2.37. The molecule has 16 heteroatoms. The van der Waals surface area contributed by atoms with Crippen LogP contribution in [0.1, 0.15) is 28.8 Å². The molecular formula is C22H23F6N3O7. The van der Waals surface area contributed by atoms with Gasteiger partial charge in [-0.2, -0.15) is 26.3 Å². The third kappa shape index (κ3) is 9.33. The predicted octanol–water partition coefficient (Wildman–Crippen LogP) is 3.10. The highest BCUT2D eigenvalue weighted by Crippen LogP contribution is 2.30. The van der Waals surface area contributed by atoms with E-state index < -0.39 is 24.3 Å². The summed E-state index contributed by atoms with van der Waals surface area (Å²) in [5, 5.41) is 17.4. The highest BCUT2D eigenvalue weighted by Gasteiger charge is 2.44. The van der Waals surface area contributed by atoms with Gasteiger partial charge in [-0.15, -0.1) is 0 Å². The van der Waals surface area contributed by atoms with Crippen LogP contribution in [0.25, 0.3) is 0 Å². The average molecular weight is 555 g/mol. The lowest BCUT2D eigenvalue weighted by Crippen LogP contribution is -2.47. The number of furan rings is 1. The number of ether oxygens (including phenoxy) is 1. The number of carboxylic acids is 2. The van der Waals surface area contributed by atoms with Gasteiger partial charge < -0.3 is 24.7 Å². The Balaban J connectivity index is 0.000000301. The number of carboxylic acid groups (broad SMARTS) is 2. The van der Waals surface area contributed by atoms with Gasteiger partial charge in [-0.05, 0) is 31.0 Å². The van der Waals surface area contributed by atoms with Crippen LogP contribution in [0, 0.1) is 0 Å². The lowest BCUT2D eigenvalue weighted by atomic mass is 10.0. The number of aliphatic carboxylic acids is 2. The number of aromatic nitrogens is 1. The van der Waals surface area contributed by atoms with Crippen molar-refractivity contribution in [3.8, 4) is 0 Å². The maximum absolute atomic E-state index is 12.5. The van der Waals surface area contributed by atoms with Gasteiger partial charge in [0.1, 0.15) is 0 Å². The van der Waals surface area contributed by atoms with Crippen LogP contribution in [0.15, 0.2) is 47.5 Å². The number of alkyl halides is 6. The fourth-order valence-corrected chi connectivity index (χ4v) is 3.73. The smallest absolute Gasteiger partial charge is 0.475 e. The second-order valence-electron chi connectivity index (χ2n) is 8.03. The molecule has 3 atom stereocenters. The second kappa shape index (κ2) is 13.2. The van der Waals surface area contributed by atoms with Gasteiger partial charge in [0.05, 0.1) is 30.2 Å². The van der Waals surface area contributed by atoms with E-state index in [0.717, 1.165) is 38.1 Å². The van der Waals surface area contributed by atoms with Crippen molar-refractivity contribution in [1.82, 2.24) is 15.2 Å². The van der Waals surface area contributed by atoms with Crippen LogP contribution < -0.4 is 5.32 Å². The van der Waals surface area contributed by atoms with Crippen LogP contribution in [0.3, 0.4) is 0 Å². The first-order chi connectivity index (χ1) is 17.7. The van der Waals surface area contributed by atoms with Crippen molar-refractivity contribution in [2.45, 2.75) is 49.9 Å². The van der Waals surface area contributed by atoms with Crippen LogP contribution in [-0.2, 0) is 20.9 Å². The van der Waals surface area contributed by atoms with Crippen molar-refractivity contribution in [2.75, 3.05) is 13.2 Å².